The second-order valence-electron chi connectivity index (χ2n) is 3.63. The summed E-state index contributed by atoms with van der Waals surface area (Å²) in [6.07, 6.45) is 0. The molecule has 1 aromatic carbocycles. The summed E-state index contributed by atoms with van der Waals surface area (Å²) in [4.78, 5) is -0.360. The van der Waals surface area contributed by atoms with Crippen LogP contribution in [0.15, 0.2) is 21.9 Å². The number of hydrogen-bond donors (Lipinski definition) is 0. The van der Waals surface area contributed by atoms with Crippen LogP contribution in [0.3, 0.4) is 0 Å². The third kappa shape index (κ3) is 2.72. The average molecular weight is 294 g/mol. The molecule has 0 spiro atoms. The first-order chi connectivity index (χ1) is 8.15. The zero-order valence-electron chi connectivity index (χ0n) is 10.4. The predicted molar refractivity (Wildman–Crippen MR) is 64.3 cm³/mol. The molecule has 18 heavy (non-hydrogen) atoms. The Bertz CT molecular complexity index is 603. The van der Waals surface area contributed by atoms with Gasteiger partial charge in [0, 0.05) is 0 Å². The number of hydrogen-bond acceptors (Lipinski definition) is 6. The van der Waals surface area contributed by atoms with E-state index < -0.39 is 20.2 Å². The van der Waals surface area contributed by atoms with Crippen molar-refractivity contribution in [3.8, 4) is 0 Å². The molecule has 0 aliphatic heterocycles. The molecule has 0 amide bonds. The normalized spacial score (nSPS) is 12.7. The Morgan fingerprint density at radius 3 is 1.44 bits per heavy atom. The third-order valence-corrected chi connectivity index (χ3v) is 5.24. The Kier molecular flexibility index (Phi) is 4.16. The zero-order chi connectivity index (χ0) is 14.1. The van der Waals surface area contributed by atoms with Crippen molar-refractivity contribution in [2.24, 2.45) is 0 Å². The van der Waals surface area contributed by atoms with Gasteiger partial charge in [-0.1, -0.05) is 0 Å². The van der Waals surface area contributed by atoms with Gasteiger partial charge in [0.25, 0.3) is 20.2 Å². The van der Waals surface area contributed by atoms with E-state index in [1.165, 1.54) is 19.1 Å². The lowest BCUT2D eigenvalue weighted by Gasteiger charge is -2.11. The third-order valence-electron chi connectivity index (χ3n) is 2.43. The molecule has 102 valence electrons. The maximum absolute atomic E-state index is 11.7. The highest BCUT2D eigenvalue weighted by atomic mass is 32.2. The van der Waals surface area contributed by atoms with E-state index in [1.54, 1.807) is 6.92 Å². The second-order valence-corrected chi connectivity index (χ2v) is 6.99. The van der Waals surface area contributed by atoms with Gasteiger partial charge in [-0.05, 0) is 37.1 Å². The lowest BCUT2D eigenvalue weighted by Crippen LogP contribution is -2.11. The van der Waals surface area contributed by atoms with Crippen LogP contribution < -0.4 is 0 Å². The summed E-state index contributed by atoms with van der Waals surface area (Å²) < 4.78 is 55.5. The first kappa shape index (κ1) is 15.1. The maximum atomic E-state index is 11.7. The Labute approximate surface area is 107 Å². The lowest BCUT2D eigenvalue weighted by molar-refractivity contribution is 0.394. The van der Waals surface area contributed by atoms with Crippen molar-refractivity contribution in [2.45, 2.75) is 23.6 Å². The van der Waals surface area contributed by atoms with E-state index in [0.717, 1.165) is 14.2 Å². The van der Waals surface area contributed by atoms with Crippen molar-refractivity contribution in [3.05, 3.63) is 23.3 Å². The molecule has 1 rings (SSSR count). The first-order valence-electron chi connectivity index (χ1n) is 4.88. The summed E-state index contributed by atoms with van der Waals surface area (Å²) in [6, 6.07) is 2.70. The first-order valence-corrected chi connectivity index (χ1v) is 7.70. The van der Waals surface area contributed by atoms with Crippen molar-refractivity contribution in [1.82, 2.24) is 0 Å². The fourth-order valence-electron chi connectivity index (χ4n) is 1.49. The molecule has 0 bridgehead atoms. The quantitative estimate of drug-likeness (QED) is 0.769. The highest BCUT2D eigenvalue weighted by Gasteiger charge is 2.24. The van der Waals surface area contributed by atoms with Gasteiger partial charge in [0.1, 0.15) is 0 Å². The topological polar surface area (TPSA) is 86.7 Å². The summed E-state index contributed by atoms with van der Waals surface area (Å²) in [5.74, 6) is 0. The van der Waals surface area contributed by atoms with Gasteiger partial charge in [-0.15, -0.1) is 0 Å². The fraction of sp³-hybridized carbons (Fsp3) is 0.400. The molecule has 8 heteroatoms. The molecule has 0 saturated heterocycles. The molecular weight excluding hydrogens is 280 g/mol. The molecule has 0 fully saturated rings. The van der Waals surface area contributed by atoms with Crippen LogP contribution in [0.4, 0.5) is 0 Å². The monoisotopic (exact) mass is 294 g/mol. The fourth-order valence-corrected chi connectivity index (χ4v) is 3.55. The molecule has 0 radical (unpaired) electrons. The zero-order valence-corrected chi connectivity index (χ0v) is 12.1. The van der Waals surface area contributed by atoms with Crippen LogP contribution in [-0.4, -0.2) is 31.1 Å². The van der Waals surface area contributed by atoms with E-state index >= 15 is 0 Å². The summed E-state index contributed by atoms with van der Waals surface area (Å²) in [6.45, 7) is 2.97. The average Bonchev–Trinajstić information content (AvgIpc) is 2.31. The molecule has 6 nitrogen and oxygen atoms in total. The molecule has 0 aromatic heterocycles. The van der Waals surface area contributed by atoms with Gasteiger partial charge in [0.15, 0.2) is 0 Å². The largest absolute Gasteiger partial charge is 0.297 e. The minimum Gasteiger partial charge on any atom is -0.270 e. The highest BCUT2D eigenvalue weighted by Crippen LogP contribution is 2.26. The van der Waals surface area contributed by atoms with Crippen LogP contribution in [0.2, 0.25) is 0 Å². The highest BCUT2D eigenvalue weighted by molar-refractivity contribution is 7.87. The minimum atomic E-state index is -3.96. The van der Waals surface area contributed by atoms with E-state index in [-0.39, 0.29) is 15.4 Å². The summed E-state index contributed by atoms with van der Waals surface area (Å²) in [5, 5.41) is 0. The van der Waals surface area contributed by atoms with Crippen LogP contribution in [0.25, 0.3) is 0 Å². The second kappa shape index (κ2) is 4.96. The molecule has 0 unspecified atom stereocenters. The van der Waals surface area contributed by atoms with Gasteiger partial charge < -0.3 is 0 Å². The van der Waals surface area contributed by atoms with Crippen molar-refractivity contribution in [2.75, 3.05) is 14.2 Å². The number of aryl methyl sites for hydroxylation is 1. The summed E-state index contributed by atoms with van der Waals surface area (Å²) in [5.41, 5.74) is 0.552. The molecule has 0 N–H and O–H groups in total. The van der Waals surface area contributed by atoms with E-state index in [4.69, 9.17) is 0 Å². The van der Waals surface area contributed by atoms with Crippen LogP contribution in [0.5, 0.6) is 0 Å². The van der Waals surface area contributed by atoms with Crippen LogP contribution in [0.1, 0.15) is 11.1 Å². The molecule has 0 aliphatic carbocycles. The predicted octanol–water partition coefficient (Wildman–Crippen LogP) is 0.974. The van der Waals surface area contributed by atoms with E-state index in [1.807, 2.05) is 0 Å². The van der Waals surface area contributed by atoms with Crippen LogP contribution in [-0.2, 0) is 28.6 Å². The molecule has 0 atom stereocenters. The van der Waals surface area contributed by atoms with Gasteiger partial charge in [0.05, 0.1) is 24.0 Å². The Balaban J connectivity index is 3.72. The Hall–Kier alpha value is -0.960. The van der Waals surface area contributed by atoms with E-state index in [0.29, 0.717) is 5.56 Å². The smallest absolute Gasteiger partial charge is 0.270 e. The number of benzene rings is 1. The molecule has 1 aromatic rings. The van der Waals surface area contributed by atoms with Crippen molar-refractivity contribution in [1.29, 1.82) is 0 Å². The van der Waals surface area contributed by atoms with Gasteiger partial charge in [0.2, 0.25) is 0 Å². The standard InChI is InChI=1S/C10H14O6S2/c1-7-5-9(17(11,12)15-3)8(2)10(6-7)18(13,14)16-4/h5-6H,1-4H3. The van der Waals surface area contributed by atoms with Crippen molar-refractivity contribution < 1.29 is 25.2 Å². The Morgan fingerprint density at radius 1 is 0.833 bits per heavy atom. The van der Waals surface area contributed by atoms with E-state index in [9.17, 15) is 16.8 Å². The summed E-state index contributed by atoms with van der Waals surface area (Å²) in [7, 11) is -5.89. The van der Waals surface area contributed by atoms with Crippen LogP contribution >= 0.6 is 0 Å². The van der Waals surface area contributed by atoms with Crippen molar-refractivity contribution in [3.63, 3.8) is 0 Å². The summed E-state index contributed by atoms with van der Waals surface area (Å²) >= 11 is 0. The van der Waals surface area contributed by atoms with Crippen LogP contribution in [0, 0.1) is 13.8 Å². The SMILES string of the molecule is COS(=O)(=O)c1cc(C)cc(S(=O)(=O)OC)c1C. The van der Waals surface area contributed by atoms with E-state index in [2.05, 4.69) is 8.37 Å². The minimum absolute atomic E-state index is 0.0734. The van der Waals surface area contributed by atoms with Gasteiger partial charge >= 0.3 is 0 Å². The number of rotatable bonds is 4. The Morgan fingerprint density at radius 2 is 1.17 bits per heavy atom. The van der Waals surface area contributed by atoms with Gasteiger partial charge in [-0.25, -0.2) is 0 Å². The molecule has 0 heterocycles. The van der Waals surface area contributed by atoms with Gasteiger partial charge in [-0.3, -0.25) is 8.37 Å². The molecule has 0 saturated carbocycles. The maximum Gasteiger partial charge on any atom is 0.297 e. The van der Waals surface area contributed by atoms with Gasteiger partial charge in [-0.2, -0.15) is 16.8 Å². The lowest BCUT2D eigenvalue weighted by atomic mass is 10.2. The van der Waals surface area contributed by atoms with Crippen molar-refractivity contribution >= 4 is 20.2 Å². The molecule has 0 aliphatic rings. The molecular formula is C10H14O6S2.